The number of nitrogens with zero attached hydrogens (tertiary/aromatic N) is 1. The lowest BCUT2D eigenvalue weighted by Crippen LogP contribution is -2.52. The van der Waals surface area contributed by atoms with Crippen LogP contribution in [0.1, 0.15) is 53.4 Å². The summed E-state index contributed by atoms with van der Waals surface area (Å²) in [4.78, 5) is 27.9. The number of nitrogens with two attached hydrogens (primary N) is 2. The average Bonchev–Trinajstić information content (AvgIpc) is 2.73. The van der Waals surface area contributed by atoms with E-state index in [1.165, 1.54) is 6.08 Å². The van der Waals surface area contributed by atoms with E-state index < -0.39 is 54.7 Å². The van der Waals surface area contributed by atoms with Crippen LogP contribution >= 0.6 is 0 Å². The van der Waals surface area contributed by atoms with Gasteiger partial charge in [0, 0.05) is 18.0 Å². The highest BCUT2D eigenvalue weighted by Crippen LogP contribution is 2.30. The number of guanidine groups is 1. The number of carbonyl (C=O) groups is 2. The van der Waals surface area contributed by atoms with Crippen molar-refractivity contribution in [2.75, 3.05) is 19.7 Å². The van der Waals surface area contributed by atoms with E-state index >= 15 is 0 Å². The average molecular weight is 488 g/mol. The molecule has 34 heavy (non-hydrogen) atoms. The lowest BCUT2D eigenvalue weighted by atomic mass is 9.87. The molecule has 0 bridgehead atoms. The molecule has 0 aliphatic carbocycles. The van der Waals surface area contributed by atoms with Crippen molar-refractivity contribution in [1.82, 2.24) is 10.6 Å². The molecular formula is C22H41N5O7. The van der Waals surface area contributed by atoms with Gasteiger partial charge in [0.2, 0.25) is 5.76 Å². The minimum absolute atomic E-state index is 0.0881. The molecule has 0 aromatic heterocycles. The van der Waals surface area contributed by atoms with Gasteiger partial charge in [-0.2, -0.15) is 0 Å². The maximum atomic E-state index is 12.4. The van der Waals surface area contributed by atoms with Gasteiger partial charge in [0.05, 0.1) is 12.6 Å². The summed E-state index contributed by atoms with van der Waals surface area (Å²) in [6.07, 6.45) is 0.138. The van der Waals surface area contributed by atoms with Gasteiger partial charge in [0.1, 0.15) is 12.2 Å². The molecule has 0 spiro atoms. The number of aliphatic hydroxyl groups is 2. The Morgan fingerprint density at radius 2 is 1.82 bits per heavy atom. The van der Waals surface area contributed by atoms with Gasteiger partial charge in [-0.25, -0.2) is 14.6 Å². The highest BCUT2D eigenvalue weighted by molar-refractivity contribution is 5.85. The molecule has 12 nitrogen and oxygen atoms in total. The van der Waals surface area contributed by atoms with Crippen molar-refractivity contribution in [3.8, 4) is 0 Å². The number of hydrogen-bond donors (Lipinski definition) is 7. The molecule has 1 rings (SSSR count). The molecule has 0 aromatic carbocycles. The third-order valence-electron chi connectivity index (χ3n) is 5.31. The second-order valence-corrected chi connectivity index (χ2v) is 9.46. The predicted molar refractivity (Wildman–Crippen MR) is 127 cm³/mol. The highest BCUT2D eigenvalue weighted by atomic mass is 16.6. The highest BCUT2D eigenvalue weighted by Gasteiger charge is 2.43. The van der Waals surface area contributed by atoms with Crippen molar-refractivity contribution < 1.29 is 34.4 Å². The number of ether oxygens (including phenoxy) is 2. The topological polar surface area (TPSA) is 202 Å². The van der Waals surface area contributed by atoms with Crippen molar-refractivity contribution in [3.05, 3.63) is 11.8 Å². The molecule has 196 valence electrons. The first-order valence-corrected chi connectivity index (χ1v) is 11.5. The number of rotatable bonds is 13. The normalized spacial score (nSPS) is 22.1. The van der Waals surface area contributed by atoms with E-state index in [0.29, 0.717) is 6.54 Å². The van der Waals surface area contributed by atoms with Crippen molar-refractivity contribution in [2.24, 2.45) is 22.4 Å². The molecule has 0 fully saturated rings. The first-order chi connectivity index (χ1) is 15.9. The smallest absolute Gasteiger partial charge is 0.407 e. The summed E-state index contributed by atoms with van der Waals surface area (Å²) >= 11 is 0. The van der Waals surface area contributed by atoms with Crippen LogP contribution in [-0.4, -0.2) is 82.9 Å². The summed E-state index contributed by atoms with van der Waals surface area (Å²) in [5.41, 5.74) is 11.0. The first-order valence-electron chi connectivity index (χ1n) is 11.5. The largest absolute Gasteiger partial charge is 0.479 e. The molecular weight excluding hydrogens is 446 g/mol. The van der Waals surface area contributed by atoms with Gasteiger partial charge in [-0.1, -0.05) is 19.8 Å². The summed E-state index contributed by atoms with van der Waals surface area (Å²) < 4.78 is 10.8. The summed E-state index contributed by atoms with van der Waals surface area (Å²) in [6.45, 7) is 8.56. The zero-order valence-corrected chi connectivity index (χ0v) is 20.5. The molecule has 1 aliphatic rings. The fraction of sp³-hybridized carbons (Fsp3) is 0.773. The Kier molecular flexibility index (Phi) is 12.1. The van der Waals surface area contributed by atoms with Crippen LogP contribution in [-0.2, 0) is 14.3 Å². The Bertz CT molecular complexity index is 719. The van der Waals surface area contributed by atoms with Gasteiger partial charge < -0.3 is 46.9 Å². The molecule has 1 unspecified atom stereocenters. The first kappa shape index (κ1) is 29.5. The van der Waals surface area contributed by atoms with Crippen molar-refractivity contribution in [3.63, 3.8) is 0 Å². The van der Waals surface area contributed by atoms with Crippen LogP contribution in [0.2, 0.25) is 0 Å². The molecule has 0 aromatic rings. The summed E-state index contributed by atoms with van der Waals surface area (Å²) in [6, 6.07) is -0.789. The van der Waals surface area contributed by atoms with Crippen molar-refractivity contribution in [2.45, 2.75) is 83.3 Å². The maximum Gasteiger partial charge on any atom is 0.407 e. The summed E-state index contributed by atoms with van der Waals surface area (Å²) in [5.74, 6) is -2.65. The Morgan fingerprint density at radius 3 is 2.35 bits per heavy atom. The monoisotopic (exact) mass is 487 g/mol. The molecule has 1 aliphatic heterocycles. The zero-order chi connectivity index (χ0) is 25.9. The number of carboxylic acids is 1. The van der Waals surface area contributed by atoms with E-state index in [-0.39, 0.29) is 11.5 Å². The second-order valence-electron chi connectivity index (χ2n) is 9.46. The third kappa shape index (κ3) is 10.6. The Hall–Kier alpha value is -2.57. The molecule has 0 radical (unpaired) electrons. The number of nitrogens with one attached hydrogen (secondary N) is 2. The number of unbranched alkanes of at least 4 members (excludes halogenated alkanes) is 3. The van der Waals surface area contributed by atoms with Gasteiger partial charge in [-0.05, 0) is 46.2 Å². The lowest BCUT2D eigenvalue weighted by molar-refractivity contribution is -0.147. The van der Waals surface area contributed by atoms with Crippen LogP contribution in [0.3, 0.4) is 0 Å². The van der Waals surface area contributed by atoms with Gasteiger partial charge in [-0.3, -0.25) is 0 Å². The van der Waals surface area contributed by atoms with E-state index in [4.69, 9.17) is 20.9 Å². The van der Waals surface area contributed by atoms with Crippen LogP contribution in [0, 0.1) is 5.92 Å². The molecule has 5 atom stereocenters. The molecule has 9 N–H and O–H groups in total. The number of amides is 1. The number of hydrogen-bond acceptors (Lipinski definition) is 8. The van der Waals surface area contributed by atoms with Crippen LogP contribution < -0.4 is 22.1 Å². The summed E-state index contributed by atoms with van der Waals surface area (Å²) in [7, 11) is 0. The van der Waals surface area contributed by atoms with E-state index in [9.17, 15) is 24.9 Å². The van der Waals surface area contributed by atoms with Gasteiger partial charge in [0.15, 0.2) is 12.1 Å². The van der Waals surface area contributed by atoms with Crippen LogP contribution in [0.5, 0.6) is 0 Å². The quantitative estimate of drug-likeness (QED) is 0.105. The predicted octanol–water partition coefficient (Wildman–Crippen LogP) is 0.0283. The maximum absolute atomic E-state index is 12.4. The van der Waals surface area contributed by atoms with Gasteiger partial charge >= 0.3 is 12.1 Å². The molecule has 1 heterocycles. The van der Waals surface area contributed by atoms with Crippen LogP contribution in [0.4, 0.5) is 4.79 Å². The van der Waals surface area contributed by atoms with Gasteiger partial charge in [0.25, 0.3) is 0 Å². The number of carbonyl (C=O) groups excluding carboxylic acids is 1. The number of carboxylic acid groups (broad SMARTS) is 1. The Balaban J connectivity index is 2.67. The molecule has 1 amide bonds. The minimum Gasteiger partial charge on any atom is -0.479 e. The zero-order valence-electron chi connectivity index (χ0n) is 20.5. The standard InChI is InChI=1S/C22H41N5O7/c1-13-14(27-20(23)24)11-16(19(30)31)33-17(13)18(15(29)12-28)34-21(32)25-9-7-5-6-8-10-26-22(2,3)4/h11,13-15,17-18,26,28-29H,5-10,12H2,1-4H3,(H,25,32)(H,30,31)(H4,23,24,27)/t13-,14+,15-,17?,18-/m1/s1. The van der Waals surface area contributed by atoms with Crippen molar-refractivity contribution >= 4 is 18.0 Å². The molecule has 0 saturated carbocycles. The van der Waals surface area contributed by atoms with Crippen LogP contribution in [0.25, 0.3) is 0 Å². The van der Waals surface area contributed by atoms with Crippen LogP contribution in [0.15, 0.2) is 16.8 Å². The number of aliphatic carboxylic acids is 1. The number of aliphatic imine (C=N–C) groups is 1. The second kappa shape index (κ2) is 14.0. The number of alkyl carbamates (subject to hydrolysis) is 1. The van der Waals surface area contributed by atoms with E-state index in [1.54, 1.807) is 6.92 Å². The minimum atomic E-state index is -1.51. The Labute approximate surface area is 200 Å². The van der Waals surface area contributed by atoms with Gasteiger partial charge in [-0.15, -0.1) is 0 Å². The third-order valence-corrected chi connectivity index (χ3v) is 5.31. The SMILES string of the molecule is C[C@H]1C([C@H](OC(=O)NCCCCCCNC(C)(C)C)[C@H](O)CO)OC(C(=O)O)=C[C@@H]1N=C(N)N. The fourth-order valence-electron chi connectivity index (χ4n) is 3.50. The number of aliphatic hydroxyl groups excluding tert-OH is 2. The fourth-order valence-corrected chi connectivity index (χ4v) is 3.50. The molecule has 12 heteroatoms. The summed E-state index contributed by atoms with van der Waals surface area (Å²) in [5, 5.41) is 35.2. The van der Waals surface area contributed by atoms with E-state index in [2.05, 4.69) is 36.4 Å². The Morgan fingerprint density at radius 1 is 1.21 bits per heavy atom. The van der Waals surface area contributed by atoms with Crippen molar-refractivity contribution in [1.29, 1.82) is 0 Å². The molecule has 0 saturated heterocycles. The lowest BCUT2D eigenvalue weighted by Gasteiger charge is -2.38. The van der Waals surface area contributed by atoms with E-state index in [0.717, 1.165) is 32.2 Å². The van der Waals surface area contributed by atoms with E-state index in [1.807, 2.05) is 0 Å².